The minimum absolute atomic E-state index is 0.0687. The van der Waals surface area contributed by atoms with Crippen LogP contribution in [-0.4, -0.2) is 71.9 Å². The predicted molar refractivity (Wildman–Crippen MR) is 141 cm³/mol. The summed E-state index contributed by atoms with van der Waals surface area (Å²) in [6.45, 7) is 4.64. The van der Waals surface area contributed by atoms with E-state index in [-0.39, 0.29) is 11.9 Å². The van der Waals surface area contributed by atoms with Gasteiger partial charge in [0.2, 0.25) is 5.91 Å². The molecule has 0 radical (unpaired) electrons. The standard InChI is InChI=1S/C28H41N6O3/c1-21-30-18-24(22-11-12-22)19-34(21)37-27(36)10-7-17-33(20-26(35)32(2)3)16-5-4-9-25-14-13-23-8-6-15-29-28(23)31-25/h13-14,18-19,22H,4-12,15-17,20H2,1-3H3,(H,29,31)/q+1. The van der Waals surface area contributed by atoms with Crippen LogP contribution in [0.2, 0.25) is 0 Å². The van der Waals surface area contributed by atoms with E-state index in [1.807, 2.05) is 19.3 Å². The minimum Gasteiger partial charge on any atom is -0.370 e. The molecule has 1 N–H and O–H groups in total. The number of unbranched alkanes of at least 4 members (excludes halogenated alkanes) is 1. The van der Waals surface area contributed by atoms with Crippen LogP contribution in [0.25, 0.3) is 0 Å². The molecule has 2 aliphatic rings. The molecule has 3 heterocycles. The lowest BCUT2D eigenvalue weighted by Crippen LogP contribution is -2.49. The number of nitrogens with zero attached hydrogens (tertiary/aromatic N) is 5. The van der Waals surface area contributed by atoms with E-state index < -0.39 is 0 Å². The Hall–Kier alpha value is -3.07. The Kier molecular flexibility index (Phi) is 9.44. The van der Waals surface area contributed by atoms with Crippen molar-refractivity contribution in [2.45, 2.75) is 70.6 Å². The Morgan fingerprint density at radius 3 is 2.76 bits per heavy atom. The summed E-state index contributed by atoms with van der Waals surface area (Å²) in [5, 5.41) is 3.40. The lowest BCUT2D eigenvalue weighted by Gasteiger charge is -2.23. The molecule has 9 nitrogen and oxygen atoms in total. The highest BCUT2D eigenvalue weighted by Gasteiger charge is 2.28. The zero-order valence-electron chi connectivity index (χ0n) is 22.5. The highest BCUT2D eigenvalue weighted by atomic mass is 16.7. The SMILES string of the molecule is Cc1ncc(C2CC2)c[n+]1OC(=O)CCCN(CCCCc1ccc2c(n1)NCCC2)CC(=O)N(C)C. The molecule has 37 heavy (non-hydrogen) atoms. The van der Waals surface area contributed by atoms with E-state index in [1.54, 1.807) is 19.0 Å². The Morgan fingerprint density at radius 1 is 1.16 bits per heavy atom. The average molecular weight is 510 g/mol. The molecular formula is C28H41N6O3+. The molecule has 1 saturated carbocycles. The van der Waals surface area contributed by atoms with Crippen LogP contribution < -0.4 is 14.9 Å². The fourth-order valence-electron chi connectivity index (χ4n) is 4.56. The molecule has 0 unspecified atom stereocenters. The minimum atomic E-state index is -0.283. The number of rotatable bonds is 13. The molecule has 2 aromatic rings. The van der Waals surface area contributed by atoms with Crippen LogP contribution >= 0.6 is 0 Å². The third-order valence-electron chi connectivity index (χ3n) is 7.06. The van der Waals surface area contributed by atoms with Crippen molar-refractivity contribution < 1.29 is 19.2 Å². The highest BCUT2D eigenvalue weighted by Crippen LogP contribution is 2.39. The maximum atomic E-state index is 12.5. The molecule has 1 aliphatic carbocycles. The number of carbonyl (C=O) groups is 2. The molecule has 0 bridgehead atoms. The molecular weight excluding hydrogens is 468 g/mol. The zero-order chi connectivity index (χ0) is 26.2. The fourth-order valence-corrected chi connectivity index (χ4v) is 4.56. The van der Waals surface area contributed by atoms with Crippen molar-refractivity contribution >= 4 is 17.7 Å². The first kappa shape index (κ1) is 27.0. The van der Waals surface area contributed by atoms with E-state index >= 15 is 0 Å². The summed E-state index contributed by atoms with van der Waals surface area (Å²) in [5.41, 5.74) is 3.54. The van der Waals surface area contributed by atoms with Crippen molar-refractivity contribution in [3.05, 3.63) is 47.2 Å². The Morgan fingerprint density at radius 2 is 1.97 bits per heavy atom. The largest absolute Gasteiger partial charge is 0.370 e. The van der Waals surface area contributed by atoms with Crippen LogP contribution in [0.4, 0.5) is 5.82 Å². The molecule has 1 fully saturated rings. The Bertz CT molecular complexity index is 1090. The summed E-state index contributed by atoms with van der Waals surface area (Å²) < 4.78 is 1.49. The molecule has 0 saturated heterocycles. The van der Waals surface area contributed by atoms with Crippen LogP contribution in [-0.2, 0) is 22.4 Å². The molecule has 0 aromatic carbocycles. The van der Waals surface area contributed by atoms with Crippen LogP contribution in [0, 0.1) is 6.92 Å². The quantitative estimate of drug-likeness (QED) is 0.328. The second-order valence-corrected chi connectivity index (χ2v) is 10.5. The van der Waals surface area contributed by atoms with Gasteiger partial charge in [-0.25, -0.2) is 9.78 Å². The van der Waals surface area contributed by atoms with E-state index in [4.69, 9.17) is 9.82 Å². The number of amides is 1. The van der Waals surface area contributed by atoms with Crippen LogP contribution in [0.3, 0.4) is 0 Å². The van der Waals surface area contributed by atoms with Crippen molar-refractivity contribution in [3.8, 4) is 0 Å². The van der Waals surface area contributed by atoms with Gasteiger partial charge in [-0.2, -0.15) is 0 Å². The van der Waals surface area contributed by atoms with Crippen molar-refractivity contribution in [1.82, 2.24) is 19.8 Å². The first-order valence-corrected chi connectivity index (χ1v) is 13.6. The highest BCUT2D eigenvalue weighted by molar-refractivity contribution is 5.77. The number of likely N-dealkylation sites (N-methyl/N-ethyl adjacent to an activating group) is 1. The summed E-state index contributed by atoms with van der Waals surface area (Å²) in [6, 6.07) is 4.34. The van der Waals surface area contributed by atoms with Gasteiger partial charge in [-0.1, -0.05) is 11.1 Å². The van der Waals surface area contributed by atoms with Crippen LogP contribution in [0.15, 0.2) is 24.5 Å². The number of anilines is 1. The number of pyridine rings is 1. The number of aromatic nitrogens is 3. The van der Waals surface area contributed by atoms with E-state index in [9.17, 15) is 9.59 Å². The summed E-state index contributed by atoms with van der Waals surface area (Å²) in [4.78, 5) is 43.4. The average Bonchev–Trinajstić information content (AvgIpc) is 3.73. The number of aryl methyl sites for hydroxylation is 3. The third kappa shape index (κ3) is 8.21. The lowest BCUT2D eigenvalue weighted by atomic mass is 10.1. The molecule has 2 aromatic heterocycles. The number of fused-ring (bicyclic) bond motifs is 1. The third-order valence-corrected chi connectivity index (χ3v) is 7.06. The predicted octanol–water partition coefficient (Wildman–Crippen LogP) is 2.46. The van der Waals surface area contributed by atoms with Gasteiger partial charge in [0.1, 0.15) is 18.2 Å². The molecule has 9 heteroatoms. The van der Waals surface area contributed by atoms with Gasteiger partial charge in [-0.05, 0) is 86.7 Å². The summed E-state index contributed by atoms with van der Waals surface area (Å²) in [5.74, 6) is 2.02. The van der Waals surface area contributed by atoms with Gasteiger partial charge in [0.25, 0.3) is 0 Å². The topological polar surface area (TPSA) is 91.5 Å². The van der Waals surface area contributed by atoms with Gasteiger partial charge in [0, 0.05) is 38.8 Å². The maximum Gasteiger partial charge on any atom is 0.358 e. The molecule has 1 amide bonds. The maximum absolute atomic E-state index is 12.5. The second kappa shape index (κ2) is 12.9. The first-order valence-electron chi connectivity index (χ1n) is 13.6. The molecule has 4 rings (SSSR count). The Balaban J connectivity index is 1.22. The lowest BCUT2D eigenvalue weighted by molar-refractivity contribution is -0.876. The summed E-state index contributed by atoms with van der Waals surface area (Å²) in [6.07, 6.45) is 12.2. The van der Waals surface area contributed by atoms with Crippen LogP contribution in [0.1, 0.15) is 73.5 Å². The van der Waals surface area contributed by atoms with Crippen molar-refractivity contribution in [2.24, 2.45) is 0 Å². The van der Waals surface area contributed by atoms with Gasteiger partial charge in [0.15, 0.2) is 0 Å². The normalized spacial score (nSPS) is 14.7. The van der Waals surface area contributed by atoms with Crippen molar-refractivity contribution in [1.29, 1.82) is 0 Å². The van der Waals surface area contributed by atoms with Crippen LogP contribution in [0.5, 0.6) is 0 Å². The molecule has 1 aliphatic heterocycles. The Labute approximate surface area is 220 Å². The van der Waals surface area contributed by atoms with E-state index in [2.05, 4.69) is 27.3 Å². The van der Waals surface area contributed by atoms with Crippen molar-refractivity contribution in [2.75, 3.05) is 45.6 Å². The van der Waals surface area contributed by atoms with E-state index in [0.29, 0.717) is 37.7 Å². The second-order valence-electron chi connectivity index (χ2n) is 10.5. The van der Waals surface area contributed by atoms with Crippen molar-refractivity contribution in [3.63, 3.8) is 0 Å². The van der Waals surface area contributed by atoms with Gasteiger partial charge < -0.3 is 10.2 Å². The van der Waals surface area contributed by atoms with Gasteiger partial charge in [-0.15, -0.1) is 0 Å². The summed E-state index contributed by atoms with van der Waals surface area (Å²) in [7, 11) is 3.55. The molecule has 200 valence electrons. The molecule has 0 spiro atoms. The number of nitrogens with one attached hydrogen (secondary N) is 1. The molecule has 0 atom stereocenters. The summed E-state index contributed by atoms with van der Waals surface area (Å²) >= 11 is 0. The van der Waals surface area contributed by atoms with Gasteiger partial charge in [-0.3, -0.25) is 14.5 Å². The number of carbonyl (C=O) groups excluding carboxylic acids is 2. The monoisotopic (exact) mass is 509 g/mol. The van der Waals surface area contributed by atoms with E-state index in [1.165, 1.54) is 23.1 Å². The van der Waals surface area contributed by atoms with E-state index in [0.717, 1.165) is 62.3 Å². The number of hydrogen-bond acceptors (Lipinski definition) is 7. The smallest absolute Gasteiger partial charge is 0.358 e. The van der Waals surface area contributed by atoms with Gasteiger partial charge >= 0.3 is 11.8 Å². The zero-order valence-corrected chi connectivity index (χ0v) is 22.5. The van der Waals surface area contributed by atoms with Gasteiger partial charge in [0.05, 0.1) is 13.0 Å². The first-order chi connectivity index (χ1) is 17.9. The number of hydrogen-bond donors (Lipinski definition) is 1. The fraction of sp³-hybridized carbons (Fsp3) is 0.607.